The minimum atomic E-state index is -0.888. The molecule has 1 atom stereocenters. The molecule has 1 aliphatic heterocycles. The van der Waals surface area contributed by atoms with Gasteiger partial charge in [0.1, 0.15) is 0 Å². The monoisotopic (exact) mass is 277 g/mol. The number of benzene rings is 1. The maximum atomic E-state index is 11.9. The number of nitrogens with two attached hydrogens (primary N) is 1. The van der Waals surface area contributed by atoms with Crippen LogP contribution in [0.4, 0.5) is 5.69 Å². The molecule has 0 bridgehead atoms. The summed E-state index contributed by atoms with van der Waals surface area (Å²) in [5, 5.41) is 10.2. The first-order valence-electron chi connectivity index (χ1n) is 6.65. The average molecular weight is 277 g/mol. The maximum absolute atomic E-state index is 11.9. The van der Waals surface area contributed by atoms with E-state index in [9.17, 15) is 14.7 Å². The van der Waals surface area contributed by atoms with E-state index in [0.29, 0.717) is 30.9 Å². The maximum Gasteiger partial charge on any atom is 0.312 e. The molecule has 0 aliphatic carbocycles. The smallest absolute Gasteiger partial charge is 0.312 e. The highest BCUT2D eigenvalue weighted by Crippen LogP contribution is 2.21. The number of carbonyl (C=O) groups excluding carboxylic acids is 2. The molecule has 1 fully saturated rings. The summed E-state index contributed by atoms with van der Waals surface area (Å²) >= 11 is 0. The van der Waals surface area contributed by atoms with E-state index in [1.807, 2.05) is 6.92 Å². The molecule has 2 amide bonds. The van der Waals surface area contributed by atoms with Crippen molar-refractivity contribution in [3.8, 4) is 0 Å². The van der Waals surface area contributed by atoms with Gasteiger partial charge in [-0.25, -0.2) is 0 Å². The van der Waals surface area contributed by atoms with Crippen LogP contribution in [0.1, 0.15) is 18.6 Å². The van der Waals surface area contributed by atoms with Crippen LogP contribution in [-0.2, 0) is 9.59 Å². The molecule has 20 heavy (non-hydrogen) atoms. The largest absolute Gasteiger partial charge is 0.398 e. The number of para-hydroxylation sites is 1. The van der Waals surface area contributed by atoms with Gasteiger partial charge in [0.25, 0.3) is 0 Å². The molecule has 1 heterocycles. The Bertz CT molecular complexity index is 518. The van der Waals surface area contributed by atoms with Crippen LogP contribution in [0.3, 0.4) is 0 Å². The number of likely N-dealkylation sites (N-methyl/N-ethyl adjacent to an activating group) is 1. The molecule has 0 spiro atoms. The fourth-order valence-corrected chi connectivity index (χ4v) is 2.31. The molecule has 0 aromatic heterocycles. The van der Waals surface area contributed by atoms with Crippen molar-refractivity contribution in [2.75, 3.05) is 31.9 Å². The van der Waals surface area contributed by atoms with Gasteiger partial charge in [0, 0.05) is 30.9 Å². The first kappa shape index (κ1) is 14.3. The van der Waals surface area contributed by atoms with Crippen molar-refractivity contribution in [1.82, 2.24) is 9.80 Å². The average Bonchev–Trinajstić information content (AvgIpc) is 2.44. The number of aliphatic hydroxyl groups is 1. The highest BCUT2D eigenvalue weighted by molar-refractivity contribution is 6.35. The summed E-state index contributed by atoms with van der Waals surface area (Å²) in [6, 6.07) is 6.96. The molecular weight excluding hydrogens is 258 g/mol. The first-order valence-corrected chi connectivity index (χ1v) is 6.65. The number of hydrogen-bond acceptors (Lipinski definition) is 4. The lowest BCUT2D eigenvalue weighted by atomic mass is 10.1. The zero-order chi connectivity index (χ0) is 14.7. The molecule has 0 radical (unpaired) electrons. The lowest BCUT2D eigenvalue weighted by Gasteiger charge is -2.34. The highest BCUT2D eigenvalue weighted by atomic mass is 16.3. The molecule has 1 aromatic carbocycles. The molecule has 2 rings (SSSR count). The molecule has 3 N–H and O–H groups in total. The second-order valence-corrected chi connectivity index (χ2v) is 4.78. The molecule has 1 aliphatic rings. The number of β-amino-alcohol motifs (C(OH)–C–C–N with tert-alkyl or cyclic N) is 1. The van der Waals surface area contributed by atoms with Crippen LogP contribution in [0, 0.1) is 0 Å². The summed E-state index contributed by atoms with van der Waals surface area (Å²) < 4.78 is 0. The predicted molar refractivity (Wildman–Crippen MR) is 74.6 cm³/mol. The molecular formula is C14H19N3O3. The van der Waals surface area contributed by atoms with E-state index in [4.69, 9.17) is 5.73 Å². The van der Waals surface area contributed by atoms with E-state index in [1.165, 1.54) is 9.80 Å². The van der Waals surface area contributed by atoms with E-state index >= 15 is 0 Å². The van der Waals surface area contributed by atoms with Crippen molar-refractivity contribution in [2.24, 2.45) is 0 Å². The number of rotatable bonds is 4. The highest BCUT2D eigenvalue weighted by Gasteiger charge is 2.32. The van der Waals surface area contributed by atoms with Gasteiger partial charge >= 0.3 is 11.8 Å². The van der Waals surface area contributed by atoms with Gasteiger partial charge in [-0.2, -0.15) is 0 Å². The number of nitrogens with zero attached hydrogens (tertiary/aromatic N) is 2. The summed E-state index contributed by atoms with van der Waals surface area (Å²) in [5.41, 5.74) is 6.85. The van der Waals surface area contributed by atoms with Gasteiger partial charge in [0.15, 0.2) is 0 Å². The Hall–Kier alpha value is -2.08. The molecule has 1 unspecified atom stereocenters. The lowest BCUT2D eigenvalue weighted by molar-refractivity contribution is -0.156. The van der Waals surface area contributed by atoms with Crippen molar-refractivity contribution in [1.29, 1.82) is 0 Å². The Kier molecular flexibility index (Phi) is 4.24. The second kappa shape index (κ2) is 5.92. The normalized spacial score (nSPS) is 17.5. The Morgan fingerprint density at radius 2 is 1.80 bits per heavy atom. The van der Waals surface area contributed by atoms with Crippen LogP contribution in [-0.4, -0.2) is 52.9 Å². The molecule has 1 saturated heterocycles. The second-order valence-electron chi connectivity index (χ2n) is 4.78. The zero-order valence-electron chi connectivity index (χ0n) is 11.5. The van der Waals surface area contributed by atoms with Crippen molar-refractivity contribution in [2.45, 2.75) is 13.0 Å². The van der Waals surface area contributed by atoms with Gasteiger partial charge in [-0.3, -0.25) is 9.59 Å². The minimum absolute atomic E-state index is 0.0797. The summed E-state index contributed by atoms with van der Waals surface area (Å²) in [6.45, 7) is 3.36. The van der Waals surface area contributed by atoms with Crippen molar-refractivity contribution < 1.29 is 14.7 Å². The Morgan fingerprint density at radius 3 is 2.45 bits per heavy atom. The van der Waals surface area contributed by atoms with Crippen LogP contribution >= 0.6 is 0 Å². The SMILES string of the molecule is CCN1CCN(CC(O)c2ccccc2N)C(=O)C1=O. The topological polar surface area (TPSA) is 86.9 Å². The standard InChI is InChI=1S/C14H19N3O3/c1-2-16-7-8-17(14(20)13(16)19)9-12(18)10-5-3-4-6-11(10)15/h3-6,12,18H,2,7-9,15H2,1H3. The van der Waals surface area contributed by atoms with Gasteiger partial charge in [0.05, 0.1) is 12.6 Å². The van der Waals surface area contributed by atoms with Crippen LogP contribution < -0.4 is 5.73 Å². The van der Waals surface area contributed by atoms with Gasteiger partial charge in [-0.05, 0) is 13.0 Å². The number of anilines is 1. The fourth-order valence-electron chi connectivity index (χ4n) is 2.31. The molecule has 0 saturated carbocycles. The molecule has 6 heteroatoms. The number of amides is 2. The number of piperazine rings is 1. The van der Waals surface area contributed by atoms with Crippen molar-refractivity contribution in [3.63, 3.8) is 0 Å². The Morgan fingerprint density at radius 1 is 1.20 bits per heavy atom. The van der Waals surface area contributed by atoms with Crippen LogP contribution in [0.2, 0.25) is 0 Å². The zero-order valence-corrected chi connectivity index (χ0v) is 11.5. The number of nitrogen functional groups attached to an aromatic ring is 1. The van der Waals surface area contributed by atoms with Crippen molar-refractivity contribution in [3.05, 3.63) is 29.8 Å². The lowest BCUT2D eigenvalue weighted by Crippen LogP contribution is -2.54. The molecule has 6 nitrogen and oxygen atoms in total. The van der Waals surface area contributed by atoms with Gasteiger partial charge < -0.3 is 20.6 Å². The van der Waals surface area contributed by atoms with E-state index in [2.05, 4.69) is 0 Å². The van der Waals surface area contributed by atoms with Crippen LogP contribution in [0.15, 0.2) is 24.3 Å². The summed E-state index contributed by atoms with van der Waals surface area (Å²) in [5.74, 6) is -1.07. The van der Waals surface area contributed by atoms with Crippen LogP contribution in [0.5, 0.6) is 0 Å². The van der Waals surface area contributed by atoms with Gasteiger partial charge in [-0.15, -0.1) is 0 Å². The van der Waals surface area contributed by atoms with E-state index in [0.717, 1.165) is 0 Å². The van der Waals surface area contributed by atoms with Crippen molar-refractivity contribution >= 4 is 17.5 Å². The van der Waals surface area contributed by atoms with Gasteiger partial charge in [0.2, 0.25) is 0 Å². The van der Waals surface area contributed by atoms with E-state index < -0.39 is 17.9 Å². The van der Waals surface area contributed by atoms with Gasteiger partial charge in [-0.1, -0.05) is 18.2 Å². The van der Waals surface area contributed by atoms with Crippen LogP contribution in [0.25, 0.3) is 0 Å². The summed E-state index contributed by atoms with van der Waals surface area (Å²) in [4.78, 5) is 26.6. The molecule has 1 aromatic rings. The fraction of sp³-hybridized carbons (Fsp3) is 0.429. The summed E-state index contributed by atoms with van der Waals surface area (Å²) in [7, 11) is 0. The third kappa shape index (κ3) is 2.75. The first-order chi connectivity index (χ1) is 9.54. The third-order valence-corrected chi connectivity index (χ3v) is 3.53. The summed E-state index contributed by atoms with van der Waals surface area (Å²) in [6.07, 6.45) is -0.888. The number of hydrogen-bond donors (Lipinski definition) is 2. The quantitative estimate of drug-likeness (QED) is 0.599. The Balaban J connectivity index is 2.06. The third-order valence-electron chi connectivity index (χ3n) is 3.53. The minimum Gasteiger partial charge on any atom is -0.398 e. The number of aliphatic hydroxyl groups excluding tert-OH is 1. The van der Waals surface area contributed by atoms with E-state index in [1.54, 1.807) is 24.3 Å². The number of carbonyl (C=O) groups is 2. The molecule has 108 valence electrons. The Labute approximate surface area is 117 Å². The predicted octanol–water partition coefficient (Wildman–Crippen LogP) is -0.00710. The van der Waals surface area contributed by atoms with E-state index in [-0.39, 0.29) is 6.54 Å².